The quantitative estimate of drug-likeness (QED) is 0.277. The Morgan fingerprint density at radius 1 is 0.886 bits per heavy atom. The summed E-state index contributed by atoms with van der Waals surface area (Å²) >= 11 is 9.32. The fraction of sp³-hybridized carbons (Fsp3) is 0.0800. The van der Waals surface area contributed by atoms with Crippen LogP contribution < -0.4 is 20.8 Å². The van der Waals surface area contributed by atoms with Crippen LogP contribution in [0.3, 0.4) is 0 Å². The number of ether oxygens (including phenoxy) is 1. The van der Waals surface area contributed by atoms with Gasteiger partial charge in [-0.05, 0) is 79.7 Å². The summed E-state index contributed by atoms with van der Waals surface area (Å²) in [6.45, 7) is 2.39. The first-order valence-electron chi connectivity index (χ1n) is 10.6. The van der Waals surface area contributed by atoms with Gasteiger partial charge in [-0.2, -0.15) is 0 Å². The Hall–Kier alpha value is -3.82. The van der Waals surface area contributed by atoms with E-state index in [1.807, 2.05) is 6.92 Å². The number of halogens is 2. The smallest absolute Gasteiger partial charge is 0.328 e. The number of fused-ring (bicyclic) bond motifs is 1. The van der Waals surface area contributed by atoms with Gasteiger partial charge in [0.05, 0.1) is 12.1 Å². The van der Waals surface area contributed by atoms with Crippen molar-refractivity contribution in [3.8, 4) is 5.75 Å². The largest absolute Gasteiger partial charge is 0.494 e. The summed E-state index contributed by atoms with van der Waals surface area (Å²) < 4.78 is 7.46. The zero-order valence-electron chi connectivity index (χ0n) is 18.5. The molecule has 0 radical (unpaired) electrons. The maximum absolute atomic E-state index is 13.1. The summed E-state index contributed by atoms with van der Waals surface area (Å²) in [5.74, 6) is -1.67. The van der Waals surface area contributed by atoms with E-state index < -0.39 is 17.7 Å². The number of carbonyl (C=O) groups excluding carboxylic acids is 3. The Morgan fingerprint density at radius 2 is 1.54 bits per heavy atom. The zero-order chi connectivity index (χ0) is 24.9. The third-order valence-electron chi connectivity index (χ3n) is 4.94. The lowest BCUT2D eigenvalue weighted by molar-refractivity contribution is -0.133. The monoisotopic (exact) mass is 554 g/mol. The van der Waals surface area contributed by atoms with E-state index in [0.717, 1.165) is 4.47 Å². The second-order valence-electron chi connectivity index (χ2n) is 7.38. The predicted molar refractivity (Wildman–Crippen MR) is 140 cm³/mol. The van der Waals surface area contributed by atoms with Crippen molar-refractivity contribution < 1.29 is 19.1 Å². The van der Waals surface area contributed by atoms with Gasteiger partial charge >= 0.3 is 11.8 Å². The van der Waals surface area contributed by atoms with E-state index in [2.05, 4.69) is 32.0 Å². The van der Waals surface area contributed by atoms with Crippen molar-refractivity contribution >= 4 is 67.5 Å². The molecule has 1 heterocycles. The van der Waals surface area contributed by atoms with E-state index >= 15 is 0 Å². The molecule has 3 aromatic carbocycles. The molecule has 4 rings (SSSR count). The number of carbonyl (C=O) groups is 3. The molecule has 3 amide bonds. The highest BCUT2D eigenvalue weighted by Crippen LogP contribution is 2.24. The fourth-order valence-corrected chi connectivity index (χ4v) is 3.85. The molecule has 0 fully saturated rings. The molecule has 178 valence electrons. The van der Waals surface area contributed by atoms with Gasteiger partial charge in [-0.1, -0.05) is 27.5 Å². The number of hydrogen-bond donors (Lipinski definition) is 3. The number of rotatable bonds is 6. The molecule has 0 atom stereocenters. The van der Waals surface area contributed by atoms with Crippen molar-refractivity contribution in [1.82, 2.24) is 4.68 Å². The van der Waals surface area contributed by atoms with E-state index in [0.29, 0.717) is 39.7 Å². The zero-order valence-corrected chi connectivity index (χ0v) is 20.8. The highest BCUT2D eigenvalue weighted by atomic mass is 79.9. The second kappa shape index (κ2) is 10.6. The van der Waals surface area contributed by atoms with Crippen LogP contribution in [0.15, 0.2) is 77.3 Å². The molecule has 10 heteroatoms. The Bertz CT molecular complexity index is 1400. The van der Waals surface area contributed by atoms with Crippen LogP contribution in [0.4, 0.5) is 11.4 Å². The van der Waals surface area contributed by atoms with Crippen molar-refractivity contribution in [3.05, 3.63) is 88.0 Å². The maximum atomic E-state index is 13.1. The van der Waals surface area contributed by atoms with Gasteiger partial charge in [-0.15, -0.1) is 0 Å². The lowest BCUT2D eigenvalue weighted by Crippen LogP contribution is -2.36. The summed E-state index contributed by atoms with van der Waals surface area (Å²) in [6.07, 6.45) is 0. The number of hydrogen-bond acceptors (Lipinski definition) is 4. The number of aromatic nitrogens is 1. The highest BCUT2D eigenvalue weighted by molar-refractivity contribution is 9.10. The number of amides is 3. The predicted octanol–water partition coefficient (Wildman–Crippen LogP) is 5.42. The number of nitrogens with one attached hydrogen (secondary N) is 3. The minimum Gasteiger partial charge on any atom is -0.494 e. The van der Waals surface area contributed by atoms with Crippen molar-refractivity contribution in [2.45, 2.75) is 6.92 Å². The third kappa shape index (κ3) is 5.82. The molecule has 1 aromatic heterocycles. The number of nitrogens with zero attached hydrogens (tertiary/aromatic N) is 1. The SMILES string of the molecule is CCOc1ccc(NC(=O)C(=O)Nn2c(C(=O)Nc3ccc(Cl)cc3)cc3cc(Br)ccc32)cc1. The van der Waals surface area contributed by atoms with Crippen LogP contribution in [0.5, 0.6) is 5.75 Å². The third-order valence-corrected chi connectivity index (χ3v) is 5.69. The van der Waals surface area contributed by atoms with Crippen molar-refractivity contribution in [3.63, 3.8) is 0 Å². The second-order valence-corrected chi connectivity index (χ2v) is 8.73. The van der Waals surface area contributed by atoms with Gasteiger partial charge in [0.1, 0.15) is 11.4 Å². The van der Waals surface area contributed by atoms with Crippen LogP contribution in [0, 0.1) is 0 Å². The van der Waals surface area contributed by atoms with Crippen molar-refractivity contribution in [2.75, 3.05) is 22.7 Å². The first kappa shape index (κ1) is 24.3. The molecular weight excluding hydrogens is 536 g/mol. The first-order chi connectivity index (χ1) is 16.8. The van der Waals surface area contributed by atoms with Crippen LogP contribution in [-0.4, -0.2) is 29.0 Å². The van der Waals surface area contributed by atoms with E-state index in [-0.39, 0.29) is 5.69 Å². The minimum atomic E-state index is -0.945. The summed E-state index contributed by atoms with van der Waals surface area (Å²) in [4.78, 5) is 38.4. The summed E-state index contributed by atoms with van der Waals surface area (Å²) in [6, 6.07) is 20.2. The number of anilines is 2. The minimum absolute atomic E-state index is 0.135. The molecule has 0 saturated heterocycles. The van der Waals surface area contributed by atoms with Gasteiger partial charge in [0.25, 0.3) is 5.91 Å². The standard InChI is InChI=1S/C25H20BrClN4O4/c1-2-35-20-10-8-19(9-11-20)29-24(33)25(34)30-31-21-12-3-16(26)13-15(21)14-22(31)23(32)28-18-6-4-17(27)5-7-18/h3-14H,2H2,1H3,(H,28,32)(H,29,33)(H,30,34). The van der Waals surface area contributed by atoms with E-state index in [1.165, 1.54) is 4.68 Å². The maximum Gasteiger partial charge on any atom is 0.328 e. The molecule has 8 nitrogen and oxygen atoms in total. The highest BCUT2D eigenvalue weighted by Gasteiger charge is 2.21. The normalized spacial score (nSPS) is 10.6. The lowest BCUT2D eigenvalue weighted by Gasteiger charge is -2.13. The molecule has 0 aliphatic heterocycles. The molecule has 0 unspecified atom stereocenters. The summed E-state index contributed by atoms with van der Waals surface area (Å²) in [5, 5.41) is 6.52. The van der Waals surface area contributed by atoms with Crippen LogP contribution in [0.1, 0.15) is 17.4 Å². The average Bonchev–Trinajstić information content (AvgIpc) is 3.19. The van der Waals surface area contributed by atoms with Crippen LogP contribution in [0.2, 0.25) is 5.02 Å². The average molecular weight is 556 g/mol. The van der Waals surface area contributed by atoms with E-state index in [4.69, 9.17) is 16.3 Å². The molecule has 0 spiro atoms. The van der Waals surface area contributed by atoms with Crippen LogP contribution in [-0.2, 0) is 9.59 Å². The van der Waals surface area contributed by atoms with Crippen molar-refractivity contribution in [1.29, 1.82) is 0 Å². The van der Waals surface area contributed by atoms with Crippen molar-refractivity contribution in [2.24, 2.45) is 0 Å². The Morgan fingerprint density at radius 3 is 2.23 bits per heavy atom. The molecule has 0 saturated carbocycles. The molecule has 0 aliphatic rings. The Balaban J connectivity index is 1.57. The van der Waals surface area contributed by atoms with E-state index in [1.54, 1.807) is 72.8 Å². The molecule has 0 aliphatic carbocycles. The molecule has 4 aromatic rings. The molecular formula is C25H20BrClN4O4. The van der Waals surface area contributed by atoms with Gasteiger partial charge in [0.15, 0.2) is 0 Å². The van der Waals surface area contributed by atoms with Gasteiger partial charge in [0, 0.05) is 26.3 Å². The summed E-state index contributed by atoms with van der Waals surface area (Å²) in [5.41, 5.74) is 4.15. The van der Waals surface area contributed by atoms with Gasteiger partial charge in [-0.25, -0.2) is 4.68 Å². The Labute approximate surface area is 214 Å². The van der Waals surface area contributed by atoms with Crippen LogP contribution in [0.25, 0.3) is 10.9 Å². The van der Waals surface area contributed by atoms with Gasteiger partial charge in [-0.3, -0.25) is 19.8 Å². The van der Waals surface area contributed by atoms with Crippen LogP contribution >= 0.6 is 27.5 Å². The van der Waals surface area contributed by atoms with E-state index in [9.17, 15) is 14.4 Å². The summed E-state index contributed by atoms with van der Waals surface area (Å²) in [7, 11) is 0. The Kier molecular flexibility index (Phi) is 7.38. The lowest BCUT2D eigenvalue weighted by atomic mass is 10.2. The fourth-order valence-electron chi connectivity index (χ4n) is 3.34. The van der Waals surface area contributed by atoms with Gasteiger partial charge < -0.3 is 15.4 Å². The molecule has 35 heavy (non-hydrogen) atoms. The van der Waals surface area contributed by atoms with Gasteiger partial charge in [0.2, 0.25) is 0 Å². The number of benzene rings is 3. The first-order valence-corrected chi connectivity index (χ1v) is 11.7. The molecule has 3 N–H and O–H groups in total. The topological polar surface area (TPSA) is 101 Å². The molecule has 0 bridgehead atoms.